The lowest BCUT2D eigenvalue weighted by atomic mass is 9.99. The summed E-state index contributed by atoms with van der Waals surface area (Å²) in [4.78, 5) is 2.61. The van der Waals surface area contributed by atoms with Gasteiger partial charge in [0.1, 0.15) is 0 Å². The molecule has 0 saturated carbocycles. The van der Waals surface area contributed by atoms with Crippen LogP contribution >= 0.6 is 0 Å². The maximum atomic E-state index is 2.63. The molecule has 4 rings (SSSR count). The van der Waals surface area contributed by atoms with Gasteiger partial charge in [-0.1, -0.05) is 55.0 Å². The molecule has 1 aliphatic rings. The monoisotopic (exact) mass is 346 g/mol. The van der Waals surface area contributed by atoms with E-state index in [-0.39, 0.29) is 0 Å². The number of likely N-dealkylation sites (N-methyl/N-ethyl adjacent to an activating group) is 1. The first kappa shape index (κ1) is 17.4. The van der Waals surface area contributed by atoms with Crippen molar-refractivity contribution in [3.05, 3.63) is 70.4 Å². The summed E-state index contributed by atoms with van der Waals surface area (Å²) < 4.78 is 2.63. The summed E-state index contributed by atoms with van der Waals surface area (Å²) in [6.45, 7) is 12.4. The van der Waals surface area contributed by atoms with E-state index in [0.717, 1.165) is 32.5 Å². The average Bonchev–Trinajstić information content (AvgIpc) is 2.94. The molecular formula is C24H30N2. The first-order valence-electron chi connectivity index (χ1n) is 9.97. The highest BCUT2D eigenvalue weighted by molar-refractivity contribution is 5.88. The molecule has 1 aromatic heterocycles. The summed E-state index contributed by atoms with van der Waals surface area (Å²) in [5, 5.41) is 1.47. The standard InChI is InChI=1S/C24H30N2/c1-5-25-16-22-21-8-6-7-18(3)24(21)26(23(22)15-19(25)4)14-13-20-11-9-17(2)10-12-20/h6-12,19H,5,13-16H2,1-4H3. The zero-order valence-corrected chi connectivity index (χ0v) is 16.5. The fourth-order valence-corrected chi connectivity index (χ4v) is 4.56. The largest absolute Gasteiger partial charge is 0.344 e. The SMILES string of the molecule is CCN1Cc2c(n(CCc3ccc(C)cc3)c3c(C)cccc23)CC1C. The van der Waals surface area contributed by atoms with Gasteiger partial charge in [-0.25, -0.2) is 0 Å². The third-order valence-corrected chi connectivity index (χ3v) is 6.13. The van der Waals surface area contributed by atoms with Crippen molar-refractivity contribution < 1.29 is 0 Å². The van der Waals surface area contributed by atoms with Gasteiger partial charge in [0, 0.05) is 36.6 Å². The van der Waals surface area contributed by atoms with Crippen molar-refractivity contribution in [2.24, 2.45) is 0 Å². The molecule has 1 aliphatic heterocycles. The van der Waals surface area contributed by atoms with E-state index in [2.05, 4.69) is 79.6 Å². The molecule has 136 valence electrons. The Bertz CT molecular complexity index is 918. The van der Waals surface area contributed by atoms with Crippen molar-refractivity contribution in [3.63, 3.8) is 0 Å². The van der Waals surface area contributed by atoms with Gasteiger partial charge in [-0.3, -0.25) is 4.90 Å². The van der Waals surface area contributed by atoms with Crippen molar-refractivity contribution >= 4 is 10.9 Å². The van der Waals surface area contributed by atoms with Gasteiger partial charge in [-0.15, -0.1) is 0 Å². The van der Waals surface area contributed by atoms with Crippen LogP contribution in [0.1, 0.15) is 41.8 Å². The third-order valence-electron chi connectivity index (χ3n) is 6.13. The molecule has 2 heterocycles. The number of rotatable bonds is 4. The maximum absolute atomic E-state index is 2.63. The van der Waals surface area contributed by atoms with E-state index in [9.17, 15) is 0 Å². The molecule has 2 nitrogen and oxygen atoms in total. The molecule has 0 N–H and O–H groups in total. The molecule has 0 radical (unpaired) electrons. The molecular weight excluding hydrogens is 316 g/mol. The van der Waals surface area contributed by atoms with E-state index in [1.165, 1.54) is 27.6 Å². The van der Waals surface area contributed by atoms with Crippen LogP contribution in [0.4, 0.5) is 0 Å². The molecule has 0 spiro atoms. The number of aryl methyl sites for hydroxylation is 4. The maximum Gasteiger partial charge on any atom is 0.0515 e. The van der Waals surface area contributed by atoms with Gasteiger partial charge in [0.05, 0.1) is 5.52 Å². The van der Waals surface area contributed by atoms with E-state index in [4.69, 9.17) is 0 Å². The third kappa shape index (κ3) is 2.97. The van der Waals surface area contributed by atoms with E-state index in [1.807, 2.05) is 0 Å². The zero-order chi connectivity index (χ0) is 18.3. The Morgan fingerprint density at radius 3 is 2.54 bits per heavy atom. The van der Waals surface area contributed by atoms with E-state index in [1.54, 1.807) is 11.3 Å². The molecule has 0 bridgehead atoms. The lowest BCUT2D eigenvalue weighted by Crippen LogP contribution is -2.38. The Balaban J connectivity index is 1.76. The fourth-order valence-electron chi connectivity index (χ4n) is 4.56. The second kappa shape index (κ2) is 6.92. The van der Waals surface area contributed by atoms with E-state index in [0.29, 0.717) is 6.04 Å². The Morgan fingerprint density at radius 2 is 1.81 bits per heavy atom. The summed E-state index contributed by atoms with van der Waals surface area (Å²) in [6.07, 6.45) is 2.25. The molecule has 2 heteroatoms. The summed E-state index contributed by atoms with van der Waals surface area (Å²) in [6, 6.07) is 16.4. The van der Waals surface area contributed by atoms with Crippen molar-refractivity contribution in [2.75, 3.05) is 6.54 Å². The van der Waals surface area contributed by atoms with Crippen molar-refractivity contribution in [3.8, 4) is 0 Å². The van der Waals surface area contributed by atoms with Crippen LogP contribution < -0.4 is 0 Å². The van der Waals surface area contributed by atoms with Crippen LogP contribution in [0, 0.1) is 13.8 Å². The second-order valence-electron chi connectivity index (χ2n) is 7.90. The molecule has 26 heavy (non-hydrogen) atoms. The predicted molar refractivity (Wildman–Crippen MR) is 111 cm³/mol. The van der Waals surface area contributed by atoms with E-state index < -0.39 is 0 Å². The highest BCUT2D eigenvalue weighted by Gasteiger charge is 2.27. The Morgan fingerprint density at radius 1 is 1.04 bits per heavy atom. The predicted octanol–water partition coefficient (Wildman–Crippen LogP) is 5.27. The Kier molecular flexibility index (Phi) is 4.62. The molecule has 3 aromatic rings. The summed E-state index contributed by atoms with van der Waals surface area (Å²) in [5.74, 6) is 0. The fraction of sp³-hybridized carbons (Fsp3) is 0.417. The van der Waals surface area contributed by atoms with Crippen LogP contribution in [0.5, 0.6) is 0 Å². The first-order chi connectivity index (χ1) is 12.6. The number of hydrogen-bond acceptors (Lipinski definition) is 1. The first-order valence-corrected chi connectivity index (χ1v) is 9.97. The normalized spacial score (nSPS) is 17.6. The summed E-state index contributed by atoms with van der Waals surface area (Å²) in [5.41, 5.74) is 8.75. The highest BCUT2D eigenvalue weighted by atomic mass is 15.2. The van der Waals surface area contributed by atoms with Crippen LogP contribution in [0.2, 0.25) is 0 Å². The van der Waals surface area contributed by atoms with Gasteiger partial charge in [0.15, 0.2) is 0 Å². The second-order valence-corrected chi connectivity index (χ2v) is 7.90. The number of aromatic nitrogens is 1. The minimum atomic E-state index is 0.621. The molecule has 0 amide bonds. The lowest BCUT2D eigenvalue weighted by Gasteiger charge is -2.33. The van der Waals surface area contributed by atoms with Crippen LogP contribution in [0.3, 0.4) is 0 Å². The van der Waals surface area contributed by atoms with E-state index >= 15 is 0 Å². The molecule has 1 atom stereocenters. The van der Waals surface area contributed by atoms with Crippen molar-refractivity contribution in [1.82, 2.24) is 9.47 Å². The number of fused-ring (bicyclic) bond motifs is 3. The van der Waals surface area contributed by atoms with Gasteiger partial charge in [0.2, 0.25) is 0 Å². The lowest BCUT2D eigenvalue weighted by molar-refractivity contribution is 0.192. The van der Waals surface area contributed by atoms with Gasteiger partial charge in [0.25, 0.3) is 0 Å². The van der Waals surface area contributed by atoms with Crippen LogP contribution in [0.25, 0.3) is 10.9 Å². The minimum absolute atomic E-state index is 0.621. The van der Waals surface area contributed by atoms with Crippen LogP contribution in [0.15, 0.2) is 42.5 Å². The van der Waals surface area contributed by atoms with Gasteiger partial charge < -0.3 is 4.57 Å². The van der Waals surface area contributed by atoms with Gasteiger partial charge in [-0.05, 0) is 50.4 Å². The number of benzene rings is 2. The summed E-state index contributed by atoms with van der Waals surface area (Å²) in [7, 11) is 0. The summed E-state index contributed by atoms with van der Waals surface area (Å²) >= 11 is 0. The molecule has 0 fully saturated rings. The minimum Gasteiger partial charge on any atom is -0.344 e. The zero-order valence-electron chi connectivity index (χ0n) is 16.5. The van der Waals surface area contributed by atoms with Crippen molar-refractivity contribution in [1.29, 1.82) is 0 Å². The molecule has 0 saturated heterocycles. The quantitative estimate of drug-likeness (QED) is 0.625. The smallest absolute Gasteiger partial charge is 0.0515 e. The number of para-hydroxylation sites is 1. The number of nitrogens with zero attached hydrogens (tertiary/aromatic N) is 2. The molecule has 2 aromatic carbocycles. The average molecular weight is 347 g/mol. The molecule has 1 unspecified atom stereocenters. The van der Waals surface area contributed by atoms with Gasteiger partial charge >= 0.3 is 0 Å². The Hall–Kier alpha value is -2.06. The van der Waals surface area contributed by atoms with Crippen molar-refractivity contribution in [2.45, 2.75) is 59.7 Å². The highest BCUT2D eigenvalue weighted by Crippen LogP contribution is 2.34. The number of hydrogen-bond donors (Lipinski definition) is 0. The van der Waals surface area contributed by atoms with Crippen LogP contribution in [-0.2, 0) is 25.9 Å². The van der Waals surface area contributed by atoms with Gasteiger partial charge in [-0.2, -0.15) is 0 Å². The van der Waals surface area contributed by atoms with Crippen LogP contribution in [-0.4, -0.2) is 22.1 Å². The topological polar surface area (TPSA) is 8.17 Å². The Labute approximate surface area is 157 Å². The molecule has 0 aliphatic carbocycles.